The molecular weight excluding hydrogens is 312 g/mol. The van der Waals surface area contributed by atoms with E-state index >= 15 is 0 Å². The molecule has 6 heteroatoms. The van der Waals surface area contributed by atoms with Crippen LogP contribution in [0.25, 0.3) is 0 Å². The average Bonchev–Trinajstić information content (AvgIpc) is 2.55. The highest BCUT2D eigenvalue weighted by Gasteiger charge is 2.18. The Labute approximate surface area is 144 Å². The molecule has 1 aliphatic rings. The molecule has 0 saturated carbocycles. The molecule has 0 unspecified atom stereocenters. The molecule has 0 aliphatic carbocycles. The lowest BCUT2D eigenvalue weighted by Gasteiger charge is -2.36. The van der Waals surface area contributed by atoms with Gasteiger partial charge in [0.15, 0.2) is 5.96 Å². The molecule has 2 rings (SSSR count). The third-order valence-corrected chi connectivity index (χ3v) is 4.07. The third-order valence-electron chi connectivity index (χ3n) is 3.82. The van der Waals surface area contributed by atoms with Gasteiger partial charge in [-0.2, -0.15) is 0 Å². The first-order chi connectivity index (χ1) is 11.1. The second-order valence-electron chi connectivity index (χ2n) is 5.96. The number of halogens is 1. The summed E-state index contributed by atoms with van der Waals surface area (Å²) in [4.78, 5) is 8.95. The molecular formula is C17H27ClN4O. The molecule has 1 aromatic rings. The summed E-state index contributed by atoms with van der Waals surface area (Å²) in [6, 6.07) is 7.98. The number of aliphatic imine (C=N–C) groups is 1. The summed E-state index contributed by atoms with van der Waals surface area (Å²) in [7, 11) is 0. The van der Waals surface area contributed by atoms with Crippen molar-refractivity contribution in [3.05, 3.63) is 29.3 Å². The van der Waals surface area contributed by atoms with Gasteiger partial charge in [0.1, 0.15) is 0 Å². The van der Waals surface area contributed by atoms with Crippen LogP contribution in [0.3, 0.4) is 0 Å². The number of hydrogen-bond donors (Lipinski definition) is 1. The molecule has 1 saturated heterocycles. The van der Waals surface area contributed by atoms with E-state index in [2.05, 4.69) is 26.9 Å². The number of hydrogen-bond acceptors (Lipinski definition) is 3. The predicted molar refractivity (Wildman–Crippen MR) is 97.4 cm³/mol. The van der Waals surface area contributed by atoms with Crippen molar-refractivity contribution in [1.29, 1.82) is 0 Å². The Bertz CT molecular complexity index is 496. The average molecular weight is 339 g/mol. The zero-order valence-electron chi connectivity index (χ0n) is 14.0. The molecule has 5 nitrogen and oxygen atoms in total. The van der Waals surface area contributed by atoms with Gasteiger partial charge in [-0.25, -0.2) is 0 Å². The van der Waals surface area contributed by atoms with Crippen molar-refractivity contribution in [1.82, 2.24) is 4.90 Å². The zero-order chi connectivity index (χ0) is 16.7. The van der Waals surface area contributed by atoms with Crippen LogP contribution in [0.1, 0.15) is 20.3 Å². The van der Waals surface area contributed by atoms with Gasteiger partial charge in [-0.1, -0.05) is 11.6 Å². The van der Waals surface area contributed by atoms with Gasteiger partial charge in [0.2, 0.25) is 0 Å². The number of anilines is 1. The van der Waals surface area contributed by atoms with Crippen LogP contribution >= 0.6 is 11.6 Å². The molecule has 1 aromatic carbocycles. The molecule has 0 atom stereocenters. The number of guanidine groups is 1. The Morgan fingerprint density at radius 1 is 1.22 bits per heavy atom. The fraction of sp³-hybridized carbons (Fsp3) is 0.588. The summed E-state index contributed by atoms with van der Waals surface area (Å²) >= 11 is 5.94. The molecule has 23 heavy (non-hydrogen) atoms. The Kier molecular flexibility index (Phi) is 6.99. The van der Waals surface area contributed by atoms with Gasteiger partial charge in [-0.05, 0) is 44.5 Å². The van der Waals surface area contributed by atoms with E-state index in [1.54, 1.807) is 0 Å². The van der Waals surface area contributed by atoms with Crippen LogP contribution in [0.15, 0.2) is 29.3 Å². The molecule has 1 heterocycles. The van der Waals surface area contributed by atoms with Crippen LogP contribution in [0, 0.1) is 0 Å². The van der Waals surface area contributed by atoms with Crippen LogP contribution in [0.5, 0.6) is 0 Å². The van der Waals surface area contributed by atoms with E-state index in [-0.39, 0.29) is 6.10 Å². The van der Waals surface area contributed by atoms with Crippen molar-refractivity contribution in [3.63, 3.8) is 0 Å². The van der Waals surface area contributed by atoms with E-state index in [9.17, 15) is 0 Å². The molecule has 0 radical (unpaired) electrons. The molecule has 1 fully saturated rings. The van der Waals surface area contributed by atoms with Crippen molar-refractivity contribution >= 4 is 23.2 Å². The minimum Gasteiger partial charge on any atom is -0.379 e. The molecule has 0 amide bonds. The van der Waals surface area contributed by atoms with Gasteiger partial charge in [0.05, 0.1) is 6.10 Å². The first-order valence-corrected chi connectivity index (χ1v) is 8.61. The van der Waals surface area contributed by atoms with Gasteiger partial charge in [0, 0.05) is 50.0 Å². The quantitative estimate of drug-likeness (QED) is 0.492. The SMILES string of the molecule is CC(C)OCCCN=C(N)N1CCN(c2ccc(Cl)cc2)CC1. The van der Waals surface area contributed by atoms with E-state index in [1.807, 2.05) is 26.0 Å². The lowest BCUT2D eigenvalue weighted by atomic mass is 10.2. The van der Waals surface area contributed by atoms with Crippen LogP contribution in [0.4, 0.5) is 5.69 Å². The second kappa shape index (κ2) is 8.99. The summed E-state index contributed by atoms with van der Waals surface area (Å²) < 4.78 is 5.50. The minimum absolute atomic E-state index is 0.275. The third kappa shape index (κ3) is 5.92. The molecule has 2 N–H and O–H groups in total. The summed E-state index contributed by atoms with van der Waals surface area (Å²) in [5.74, 6) is 0.644. The van der Waals surface area contributed by atoms with Crippen molar-refractivity contribution in [3.8, 4) is 0 Å². The fourth-order valence-corrected chi connectivity index (χ4v) is 2.65. The van der Waals surface area contributed by atoms with Gasteiger partial charge >= 0.3 is 0 Å². The number of nitrogens with zero attached hydrogens (tertiary/aromatic N) is 3. The van der Waals surface area contributed by atoms with Crippen LogP contribution in [-0.4, -0.2) is 56.3 Å². The van der Waals surface area contributed by atoms with E-state index in [1.165, 1.54) is 5.69 Å². The molecule has 0 spiro atoms. The Balaban J connectivity index is 1.73. The monoisotopic (exact) mass is 338 g/mol. The van der Waals surface area contributed by atoms with Crippen molar-refractivity contribution in [2.45, 2.75) is 26.4 Å². The molecule has 1 aliphatic heterocycles. The Morgan fingerprint density at radius 3 is 2.48 bits per heavy atom. The van der Waals surface area contributed by atoms with Crippen LogP contribution < -0.4 is 10.6 Å². The lowest BCUT2D eigenvalue weighted by molar-refractivity contribution is 0.0782. The van der Waals surface area contributed by atoms with Crippen molar-refractivity contribution in [2.75, 3.05) is 44.2 Å². The number of nitrogens with two attached hydrogens (primary N) is 1. The van der Waals surface area contributed by atoms with Gasteiger partial charge in [0.25, 0.3) is 0 Å². The highest BCUT2D eigenvalue weighted by Crippen LogP contribution is 2.19. The van der Waals surface area contributed by atoms with Crippen LogP contribution in [0.2, 0.25) is 5.02 Å². The fourth-order valence-electron chi connectivity index (χ4n) is 2.52. The summed E-state index contributed by atoms with van der Waals surface area (Å²) in [5, 5.41) is 0.769. The van der Waals surface area contributed by atoms with Crippen LogP contribution in [-0.2, 0) is 4.74 Å². The summed E-state index contributed by atoms with van der Waals surface area (Å²) in [6.07, 6.45) is 1.18. The molecule has 128 valence electrons. The maximum Gasteiger partial charge on any atom is 0.191 e. The first kappa shape index (κ1) is 17.9. The predicted octanol–water partition coefficient (Wildman–Crippen LogP) is 2.59. The van der Waals surface area contributed by atoms with Crippen molar-refractivity contribution < 1.29 is 4.74 Å². The normalized spacial score (nSPS) is 16.3. The number of ether oxygens (including phenoxy) is 1. The van der Waals surface area contributed by atoms with E-state index in [0.29, 0.717) is 5.96 Å². The second-order valence-corrected chi connectivity index (χ2v) is 6.40. The standard InChI is InChI=1S/C17H27ClN4O/c1-14(2)23-13-3-8-20-17(19)22-11-9-21(10-12-22)16-6-4-15(18)5-7-16/h4-7,14H,3,8-13H2,1-2H3,(H2,19,20). The smallest absolute Gasteiger partial charge is 0.191 e. The highest BCUT2D eigenvalue weighted by atomic mass is 35.5. The van der Waals surface area contributed by atoms with Gasteiger partial charge in [-0.15, -0.1) is 0 Å². The Morgan fingerprint density at radius 2 is 1.87 bits per heavy atom. The highest BCUT2D eigenvalue weighted by molar-refractivity contribution is 6.30. The first-order valence-electron chi connectivity index (χ1n) is 8.23. The minimum atomic E-state index is 0.275. The van der Waals surface area contributed by atoms with E-state index in [4.69, 9.17) is 22.1 Å². The van der Waals surface area contributed by atoms with E-state index < -0.39 is 0 Å². The summed E-state index contributed by atoms with van der Waals surface area (Å²) in [5.41, 5.74) is 7.30. The van der Waals surface area contributed by atoms with Gasteiger partial charge < -0.3 is 20.3 Å². The molecule has 0 aromatic heterocycles. The maximum absolute atomic E-state index is 6.09. The summed E-state index contributed by atoms with van der Waals surface area (Å²) in [6.45, 7) is 9.19. The number of benzene rings is 1. The van der Waals surface area contributed by atoms with E-state index in [0.717, 1.165) is 50.8 Å². The largest absolute Gasteiger partial charge is 0.379 e. The molecule has 0 bridgehead atoms. The topological polar surface area (TPSA) is 54.1 Å². The number of piperazine rings is 1. The van der Waals surface area contributed by atoms with Crippen molar-refractivity contribution in [2.24, 2.45) is 10.7 Å². The number of rotatable bonds is 6. The lowest BCUT2D eigenvalue weighted by Crippen LogP contribution is -2.51. The maximum atomic E-state index is 6.09. The van der Waals surface area contributed by atoms with Gasteiger partial charge in [-0.3, -0.25) is 4.99 Å². The zero-order valence-corrected chi connectivity index (χ0v) is 14.8. The Hall–Kier alpha value is -1.46.